The van der Waals surface area contributed by atoms with E-state index in [1.807, 2.05) is 6.07 Å². The number of hydrogen-bond acceptors (Lipinski definition) is 4. The van der Waals surface area contributed by atoms with E-state index >= 15 is 0 Å². The molecule has 0 amide bonds. The van der Waals surface area contributed by atoms with Crippen LogP contribution in [-0.4, -0.2) is 15.2 Å². The van der Waals surface area contributed by atoms with Crippen LogP contribution >= 0.6 is 0 Å². The van der Waals surface area contributed by atoms with Gasteiger partial charge in [0.2, 0.25) is 0 Å². The lowest BCUT2D eigenvalue weighted by molar-refractivity contribution is 1.05. The number of nitrogens with zero attached hydrogens (tertiary/aromatic N) is 2. The molecule has 0 aromatic carbocycles. The summed E-state index contributed by atoms with van der Waals surface area (Å²) in [5, 5.41) is 6.59. The first-order valence-electron chi connectivity index (χ1n) is 3.60. The van der Waals surface area contributed by atoms with Crippen molar-refractivity contribution < 1.29 is 0 Å². The van der Waals surface area contributed by atoms with Crippen molar-refractivity contribution in [3.8, 4) is 0 Å². The van der Waals surface area contributed by atoms with Crippen LogP contribution in [0.2, 0.25) is 0 Å². The standard InChI is InChI=1S/C7H9N5/c8-2-4-1-5-6(10-3-4)7(9)12-11-5/h1,3H,2,8H2,(H3,9,11,12). The van der Waals surface area contributed by atoms with Crippen LogP contribution in [-0.2, 0) is 6.54 Å². The molecule has 0 saturated carbocycles. The predicted octanol–water partition coefficient (Wildman–Crippen LogP) is -0.00120. The van der Waals surface area contributed by atoms with Gasteiger partial charge in [-0.2, -0.15) is 5.10 Å². The topological polar surface area (TPSA) is 93.6 Å². The Hall–Kier alpha value is -1.62. The van der Waals surface area contributed by atoms with Gasteiger partial charge in [0.15, 0.2) is 5.82 Å². The van der Waals surface area contributed by atoms with Crippen molar-refractivity contribution in [3.05, 3.63) is 17.8 Å². The first-order chi connectivity index (χ1) is 5.81. The number of nitrogens with one attached hydrogen (secondary N) is 1. The van der Waals surface area contributed by atoms with E-state index in [0.29, 0.717) is 17.9 Å². The molecule has 5 N–H and O–H groups in total. The van der Waals surface area contributed by atoms with Crippen LogP contribution in [0.15, 0.2) is 12.3 Å². The summed E-state index contributed by atoms with van der Waals surface area (Å²) >= 11 is 0. The summed E-state index contributed by atoms with van der Waals surface area (Å²) in [6.45, 7) is 0.474. The third kappa shape index (κ3) is 0.911. The second-order valence-electron chi connectivity index (χ2n) is 2.55. The molecule has 62 valence electrons. The Kier molecular flexibility index (Phi) is 1.44. The molecule has 0 radical (unpaired) electrons. The maximum absolute atomic E-state index is 5.53. The molecule has 0 fully saturated rings. The highest BCUT2D eigenvalue weighted by atomic mass is 15.2. The van der Waals surface area contributed by atoms with Gasteiger partial charge < -0.3 is 11.5 Å². The van der Waals surface area contributed by atoms with Crippen LogP contribution in [0.3, 0.4) is 0 Å². The third-order valence-corrected chi connectivity index (χ3v) is 1.72. The lowest BCUT2D eigenvalue weighted by Crippen LogP contribution is -1.96. The van der Waals surface area contributed by atoms with Crippen molar-refractivity contribution >= 4 is 16.9 Å². The van der Waals surface area contributed by atoms with E-state index in [4.69, 9.17) is 11.5 Å². The van der Waals surface area contributed by atoms with Crippen molar-refractivity contribution in [2.45, 2.75) is 6.54 Å². The van der Waals surface area contributed by atoms with Crippen LogP contribution in [0.4, 0.5) is 5.82 Å². The van der Waals surface area contributed by atoms with Gasteiger partial charge in [0.25, 0.3) is 0 Å². The Morgan fingerprint density at radius 2 is 2.33 bits per heavy atom. The van der Waals surface area contributed by atoms with Crippen LogP contribution in [0.25, 0.3) is 11.0 Å². The maximum Gasteiger partial charge on any atom is 0.171 e. The molecule has 2 aromatic rings. The van der Waals surface area contributed by atoms with Crippen molar-refractivity contribution in [3.63, 3.8) is 0 Å². The van der Waals surface area contributed by atoms with Gasteiger partial charge in [0.05, 0.1) is 5.52 Å². The molecular weight excluding hydrogens is 154 g/mol. The number of fused-ring (bicyclic) bond motifs is 1. The van der Waals surface area contributed by atoms with E-state index in [1.54, 1.807) is 6.20 Å². The van der Waals surface area contributed by atoms with E-state index in [0.717, 1.165) is 11.1 Å². The first kappa shape index (κ1) is 7.05. The molecule has 0 aliphatic carbocycles. The van der Waals surface area contributed by atoms with Crippen LogP contribution < -0.4 is 11.5 Å². The quantitative estimate of drug-likeness (QED) is 0.551. The molecule has 2 heterocycles. The van der Waals surface area contributed by atoms with Gasteiger partial charge in [-0.1, -0.05) is 0 Å². The summed E-state index contributed by atoms with van der Waals surface area (Å²) in [5.74, 6) is 0.425. The van der Waals surface area contributed by atoms with Crippen molar-refractivity contribution in [1.29, 1.82) is 0 Å². The highest BCUT2D eigenvalue weighted by Crippen LogP contribution is 2.14. The molecule has 0 spiro atoms. The molecule has 2 aromatic heterocycles. The largest absolute Gasteiger partial charge is 0.380 e. The number of pyridine rings is 1. The Labute approximate surface area is 68.8 Å². The fourth-order valence-corrected chi connectivity index (χ4v) is 1.08. The monoisotopic (exact) mass is 163 g/mol. The molecule has 0 unspecified atom stereocenters. The van der Waals surface area contributed by atoms with Crippen molar-refractivity contribution in [1.82, 2.24) is 15.2 Å². The second-order valence-corrected chi connectivity index (χ2v) is 2.55. The number of H-pyrrole nitrogens is 1. The zero-order valence-electron chi connectivity index (χ0n) is 6.41. The van der Waals surface area contributed by atoms with Gasteiger partial charge in [0.1, 0.15) is 5.52 Å². The summed E-state index contributed by atoms with van der Waals surface area (Å²) in [4.78, 5) is 4.11. The smallest absolute Gasteiger partial charge is 0.171 e. The Balaban J connectivity index is 2.69. The molecule has 0 saturated heterocycles. The average molecular weight is 163 g/mol. The molecule has 0 aliphatic heterocycles. The summed E-state index contributed by atoms with van der Waals surface area (Å²) < 4.78 is 0. The van der Waals surface area contributed by atoms with E-state index in [9.17, 15) is 0 Å². The molecule has 0 bridgehead atoms. The van der Waals surface area contributed by atoms with E-state index < -0.39 is 0 Å². The Morgan fingerprint density at radius 3 is 3.08 bits per heavy atom. The normalized spacial score (nSPS) is 10.8. The summed E-state index contributed by atoms with van der Waals surface area (Å²) in [5.41, 5.74) is 13.5. The lowest BCUT2D eigenvalue weighted by atomic mass is 10.2. The van der Waals surface area contributed by atoms with Gasteiger partial charge in [-0.25, -0.2) is 0 Å². The number of anilines is 1. The SMILES string of the molecule is NCc1cnc2c(N)n[nH]c2c1. The zero-order valence-corrected chi connectivity index (χ0v) is 6.41. The zero-order chi connectivity index (χ0) is 8.55. The predicted molar refractivity (Wildman–Crippen MR) is 46.2 cm³/mol. The maximum atomic E-state index is 5.53. The summed E-state index contributed by atoms with van der Waals surface area (Å²) in [6.07, 6.45) is 1.70. The van der Waals surface area contributed by atoms with Crippen LogP contribution in [0.1, 0.15) is 5.56 Å². The van der Waals surface area contributed by atoms with Crippen LogP contribution in [0, 0.1) is 0 Å². The van der Waals surface area contributed by atoms with E-state index in [-0.39, 0.29) is 0 Å². The van der Waals surface area contributed by atoms with E-state index in [1.165, 1.54) is 0 Å². The molecule has 2 rings (SSSR count). The second kappa shape index (κ2) is 2.46. The fraction of sp³-hybridized carbons (Fsp3) is 0.143. The lowest BCUT2D eigenvalue weighted by Gasteiger charge is -1.94. The van der Waals surface area contributed by atoms with Gasteiger partial charge in [0, 0.05) is 12.7 Å². The van der Waals surface area contributed by atoms with Crippen LogP contribution in [0.5, 0.6) is 0 Å². The molecule has 5 heteroatoms. The van der Waals surface area contributed by atoms with Crippen molar-refractivity contribution in [2.75, 3.05) is 5.73 Å². The first-order valence-corrected chi connectivity index (χ1v) is 3.60. The highest BCUT2D eigenvalue weighted by Gasteiger charge is 2.02. The Morgan fingerprint density at radius 1 is 1.50 bits per heavy atom. The molecule has 0 atom stereocenters. The number of hydrogen-bond donors (Lipinski definition) is 3. The van der Waals surface area contributed by atoms with Gasteiger partial charge in [-0.3, -0.25) is 10.1 Å². The molecule has 12 heavy (non-hydrogen) atoms. The number of aromatic nitrogens is 3. The minimum Gasteiger partial charge on any atom is -0.380 e. The number of rotatable bonds is 1. The minimum atomic E-state index is 0.425. The van der Waals surface area contributed by atoms with Gasteiger partial charge in [-0.15, -0.1) is 0 Å². The highest BCUT2D eigenvalue weighted by molar-refractivity contribution is 5.84. The molecule has 0 aliphatic rings. The third-order valence-electron chi connectivity index (χ3n) is 1.72. The average Bonchev–Trinajstić information content (AvgIpc) is 2.47. The fourth-order valence-electron chi connectivity index (χ4n) is 1.08. The number of nitrogen functional groups attached to an aromatic ring is 1. The van der Waals surface area contributed by atoms with E-state index in [2.05, 4.69) is 15.2 Å². The van der Waals surface area contributed by atoms with Gasteiger partial charge in [-0.05, 0) is 11.6 Å². The number of aromatic amines is 1. The summed E-state index contributed by atoms with van der Waals surface area (Å²) in [7, 11) is 0. The molecular formula is C7H9N5. The Bertz CT molecular complexity index is 405. The molecule has 5 nitrogen and oxygen atoms in total. The summed E-state index contributed by atoms with van der Waals surface area (Å²) in [6, 6.07) is 1.89. The number of nitrogens with two attached hydrogens (primary N) is 2. The van der Waals surface area contributed by atoms with Crippen molar-refractivity contribution in [2.24, 2.45) is 5.73 Å². The van der Waals surface area contributed by atoms with Gasteiger partial charge >= 0.3 is 0 Å². The minimum absolute atomic E-state index is 0.425.